The number of carbonyl (C=O) groups excluding carboxylic acids is 1. The number of anilines is 1. The van der Waals surface area contributed by atoms with Gasteiger partial charge in [-0.15, -0.1) is 11.8 Å². The Balaban J connectivity index is 2.00. The van der Waals surface area contributed by atoms with Crippen LogP contribution < -0.4 is 5.32 Å². The molecule has 8 heteroatoms. The van der Waals surface area contributed by atoms with Crippen molar-refractivity contribution in [3.63, 3.8) is 0 Å². The molecule has 1 aliphatic rings. The first-order valence-electron chi connectivity index (χ1n) is 8.47. The van der Waals surface area contributed by atoms with Gasteiger partial charge in [-0.25, -0.2) is 9.78 Å². The van der Waals surface area contributed by atoms with Crippen LogP contribution in [0.25, 0.3) is 0 Å². The van der Waals surface area contributed by atoms with Crippen LogP contribution in [0.15, 0.2) is 22.1 Å². The average Bonchev–Trinajstić information content (AvgIpc) is 3.01. The van der Waals surface area contributed by atoms with E-state index in [0.717, 1.165) is 29.9 Å². The van der Waals surface area contributed by atoms with Crippen molar-refractivity contribution in [1.29, 1.82) is 0 Å². The zero-order valence-electron chi connectivity index (χ0n) is 14.7. The largest absolute Gasteiger partial charge is 0.481 e. The number of aliphatic carboxylic acids is 1. The van der Waals surface area contributed by atoms with E-state index < -0.39 is 5.97 Å². The summed E-state index contributed by atoms with van der Waals surface area (Å²) >= 11 is 2.52. The van der Waals surface area contributed by atoms with Crippen molar-refractivity contribution in [3.05, 3.63) is 17.8 Å². The molecule has 1 aromatic rings. The van der Waals surface area contributed by atoms with E-state index in [-0.39, 0.29) is 17.8 Å². The Kier molecular flexibility index (Phi) is 7.77. The van der Waals surface area contributed by atoms with Crippen molar-refractivity contribution in [2.45, 2.75) is 56.2 Å². The van der Waals surface area contributed by atoms with E-state index in [1.807, 2.05) is 18.7 Å². The predicted molar refractivity (Wildman–Crippen MR) is 103 cm³/mol. The van der Waals surface area contributed by atoms with E-state index in [9.17, 15) is 9.59 Å². The first kappa shape index (κ1) is 19.8. The molecule has 25 heavy (non-hydrogen) atoms. The summed E-state index contributed by atoms with van der Waals surface area (Å²) in [5.41, 5.74) is 1.19. The number of allylic oxidation sites excluding steroid dienone is 1. The fraction of sp³-hybridized carbons (Fsp3) is 0.588. The van der Waals surface area contributed by atoms with Crippen molar-refractivity contribution in [2.24, 2.45) is 0 Å². The number of rotatable bonds is 7. The Morgan fingerprint density at radius 1 is 1.40 bits per heavy atom. The first-order valence-corrected chi connectivity index (χ1v) is 10.3. The molecule has 0 aromatic carbocycles. The van der Waals surface area contributed by atoms with Crippen molar-refractivity contribution in [3.8, 4) is 0 Å². The maximum absolute atomic E-state index is 12.8. The van der Waals surface area contributed by atoms with Gasteiger partial charge in [-0.1, -0.05) is 42.2 Å². The highest BCUT2D eigenvalue weighted by Crippen LogP contribution is 2.29. The number of carboxylic acids is 1. The molecule has 0 spiro atoms. The molecule has 0 unspecified atom stereocenters. The number of amides is 2. The standard InChI is InChI=1S/C17H25N3O3S2/c1-12(2)8-9-20(13-6-4-3-5-7-13)17(23)19-16-18-10-15(25-16)24-11-14(21)22/h8,10,13H,3-7,9,11H2,1-2H3,(H,21,22)(H,18,19,23). The fourth-order valence-electron chi connectivity index (χ4n) is 2.75. The third-order valence-corrected chi connectivity index (χ3v) is 6.10. The summed E-state index contributed by atoms with van der Waals surface area (Å²) in [5.74, 6) is -0.876. The minimum Gasteiger partial charge on any atom is -0.481 e. The highest BCUT2D eigenvalue weighted by atomic mass is 32.2. The molecule has 0 atom stereocenters. The Bertz CT molecular complexity index is 620. The van der Waals surface area contributed by atoms with E-state index in [1.54, 1.807) is 6.20 Å². The Hall–Kier alpha value is -1.54. The van der Waals surface area contributed by atoms with Gasteiger partial charge in [0, 0.05) is 12.6 Å². The minimum absolute atomic E-state index is 0.00957. The van der Waals surface area contributed by atoms with Gasteiger partial charge in [0.05, 0.1) is 16.2 Å². The van der Waals surface area contributed by atoms with E-state index >= 15 is 0 Å². The number of carboxylic acid groups (broad SMARTS) is 1. The quantitative estimate of drug-likeness (QED) is 0.537. The lowest BCUT2D eigenvalue weighted by Crippen LogP contribution is -2.44. The van der Waals surface area contributed by atoms with Gasteiger partial charge in [0.2, 0.25) is 0 Å². The average molecular weight is 384 g/mol. The van der Waals surface area contributed by atoms with Gasteiger partial charge < -0.3 is 10.0 Å². The molecule has 0 bridgehead atoms. The zero-order chi connectivity index (χ0) is 18.2. The van der Waals surface area contributed by atoms with Crippen molar-refractivity contribution < 1.29 is 14.7 Å². The summed E-state index contributed by atoms with van der Waals surface area (Å²) in [6.45, 7) is 4.66. The maximum atomic E-state index is 12.8. The minimum atomic E-state index is -0.866. The molecule has 2 rings (SSSR count). The van der Waals surface area contributed by atoms with E-state index in [0.29, 0.717) is 11.7 Å². The van der Waals surface area contributed by atoms with Crippen molar-refractivity contribution in [1.82, 2.24) is 9.88 Å². The molecular weight excluding hydrogens is 358 g/mol. The van der Waals surface area contributed by atoms with Crippen molar-refractivity contribution >= 4 is 40.2 Å². The lowest BCUT2D eigenvalue weighted by molar-refractivity contribution is -0.133. The monoisotopic (exact) mass is 383 g/mol. The van der Waals surface area contributed by atoms with Crippen LogP contribution in [0.1, 0.15) is 46.0 Å². The van der Waals surface area contributed by atoms with Gasteiger partial charge >= 0.3 is 12.0 Å². The fourth-order valence-corrected chi connectivity index (χ4v) is 4.33. The summed E-state index contributed by atoms with van der Waals surface area (Å²) in [6, 6.07) is 0.138. The second-order valence-electron chi connectivity index (χ2n) is 6.32. The van der Waals surface area contributed by atoms with E-state index in [4.69, 9.17) is 5.11 Å². The highest BCUT2D eigenvalue weighted by Gasteiger charge is 2.25. The molecule has 0 aliphatic heterocycles. The van der Waals surface area contributed by atoms with Crippen LogP contribution in [0, 0.1) is 0 Å². The van der Waals surface area contributed by atoms with E-state index in [2.05, 4.69) is 16.4 Å². The third-order valence-electron chi connectivity index (χ3n) is 4.01. The molecule has 2 N–H and O–H groups in total. The Morgan fingerprint density at radius 2 is 2.12 bits per heavy atom. The number of thiazole rings is 1. The second-order valence-corrected chi connectivity index (χ2v) is 8.63. The summed E-state index contributed by atoms with van der Waals surface area (Å²) in [7, 11) is 0. The molecule has 1 heterocycles. The number of urea groups is 1. The summed E-state index contributed by atoms with van der Waals surface area (Å²) in [6.07, 6.45) is 9.33. The Morgan fingerprint density at radius 3 is 2.76 bits per heavy atom. The molecule has 138 valence electrons. The number of carbonyl (C=O) groups is 2. The number of hydrogen-bond donors (Lipinski definition) is 2. The molecule has 1 fully saturated rings. The smallest absolute Gasteiger partial charge is 0.324 e. The normalized spacial score (nSPS) is 14.8. The number of hydrogen-bond acceptors (Lipinski definition) is 5. The number of nitrogens with one attached hydrogen (secondary N) is 1. The summed E-state index contributed by atoms with van der Waals surface area (Å²) < 4.78 is 0.784. The van der Waals surface area contributed by atoms with Crippen LogP contribution in [0.3, 0.4) is 0 Å². The van der Waals surface area contributed by atoms with Gasteiger partial charge in [-0.3, -0.25) is 10.1 Å². The summed E-state index contributed by atoms with van der Waals surface area (Å²) in [5, 5.41) is 12.1. The number of aromatic nitrogens is 1. The lowest BCUT2D eigenvalue weighted by Gasteiger charge is -2.33. The lowest BCUT2D eigenvalue weighted by atomic mass is 9.94. The second kappa shape index (κ2) is 9.82. The van der Waals surface area contributed by atoms with Crippen molar-refractivity contribution in [2.75, 3.05) is 17.6 Å². The number of thioether (sulfide) groups is 1. The molecule has 1 saturated carbocycles. The topological polar surface area (TPSA) is 82.5 Å². The first-order chi connectivity index (χ1) is 12.0. The van der Waals surface area contributed by atoms with Gasteiger partial charge in [-0.2, -0.15) is 0 Å². The van der Waals surface area contributed by atoms with Crippen LogP contribution in [0.5, 0.6) is 0 Å². The van der Waals surface area contributed by atoms with Crippen LogP contribution in [0.2, 0.25) is 0 Å². The zero-order valence-corrected chi connectivity index (χ0v) is 16.3. The maximum Gasteiger partial charge on any atom is 0.324 e. The van der Waals surface area contributed by atoms with Gasteiger partial charge in [0.25, 0.3) is 0 Å². The predicted octanol–water partition coefficient (Wildman–Crippen LogP) is 4.45. The third kappa shape index (κ3) is 6.70. The van der Waals surface area contributed by atoms with Gasteiger partial charge in [0.15, 0.2) is 5.13 Å². The molecule has 0 radical (unpaired) electrons. The summed E-state index contributed by atoms with van der Waals surface area (Å²) in [4.78, 5) is 29.5. The molecule has 1 aromatic heterocycles. The van der Waals surface area contributed by atoms with Crippen LogP contribution >= 0.6 is 23.1 Å². The van der Waals surface area contributed by atoms with Crippen LogP contribution in [-0.2, 0) is 4.79 Å². The molecule has 0 saturated heterocycles. The van der Waals surface area contributed by atoms with Gasteiger partial charge in [0.1, 0.15) is 0 Å². The van der Waals surface area contributed by atoms with Crippen LogP contribution in [-0.4, -0.2) is 45.3 Å². The SMILES string of the molecule is CC(C)=CCN(C(=O)Nc1ncc(SCC(=O)O)s1)C1CCCCC1. The highest BCUT2D eigenvalue weighted by molar-refractivity contribution is 8.01. The molecule has 1 aliphatic carbocycles. The molecular formula is C17H25N3O3S2. The van der Waals surface area contributed by atoms with Crippen LogP contribution in [0.4, 0.5) is 9.93 Å². The van der Waals surface area contributed by atoms with Gasteiger partial charge in [-0.05, 0) is 26.7 Å². The Labute approximate surface area is 156 Å². The molecule has 6 nitrogen and oxygen atoms in total. The number of nitrogens with zero attached hydrogens (tertiary/aromatic N) is 2. The molecule has 2 amide bonds. The van der Waals surface area contributed by atoms with E-state index in [1.165, 1.54) is 35.1 Å².